The molecule has 1 aliphatic heterocycles. The van der Waals surface area contributed by atoms with E-state index in [2.05, 4.69) is 0 Å². The highest BCUT2D eigenvalue weighted by Gasteiger charge is 2.26. The highest BCUT2D eigenvalue weighted by atomic mass is 35.5. The van der Waals surface area contributed by atoms with E-state index >= 15 is 0 Å². The molecule has 6 nitrogen and oxygen atoms in total. The first-order valence-electron chi connectivity index (χ1n) is 11.2. The van der Waals surface area contributed by atoms with Gasteiger partial charge in [-0.15, -0.1) is 0 Å². The minimum Gasteiger partial charge on any atom is -0.379 e. The number of carbonyl (C=O) groups excluding carboxylic acids is 1. The minimum atomic E-state index is -4.19. The topological polar surface area (TPSA) is 72.9 Å². The van der Waals surface area contributed by atoms with Crippen LogP contribution in [0.2, 0.25) is 5.02 Å². The van der Waals surface area contributed by atoms with Gasteiger partial charge in [0.05, 0.1) is 16.7 Å². The summed E-state index contributed by atoms with van der Waals surface area (Å²) in [5.74, 6) is -0.991. The summed E-state index contributed by atoms with van der Waals surface area (Å²) in [5.41, 5.74) is 1.05. The van der Waals surface area contributed by atoms with Gasteiger partial charge in [-0.1, -0.05) is 48.0 Å². The molecule has 0 radical (unpaired) electrons. The maximum atomic E-state index is 14.4. The first-order chi connectivity index (χ1) is 16.7. The SMILES string of the molecule is Cc1cccc(Cl)c1S(=O)(=O)Oc1cccc(CN(C[C@@H]2CCCO2)C(=O)c2ccccc2F)c1. The molecule has 0 N–H and O–H groups in total. The summed E-state index contributed by atoms with van der Waals surface area (Å²) in [7, 11) is -4.19. The Morgan fingerprint density at radius 3 is 2.63 bits per heavy atom. The van der Waals surface area contributed by atoms with E-state index in [9.17, 15) is 17.6 Å². The molecule has 1 aliphatic rings. The lowest BCUT2D eigenvalue weighted by Gasteiger charge is -2.26. The first kappa shape index (κ1) is 25.2. The molecule has 1 amide bonds. The zero-order chi connectivity index (χ0) is 25.0. The quantitative estimate of drug-likeness (QED) is 0.375. The van der Waals surface area contributed by atoms with E-state index < -0.39 is 21.8 Å². The maximum absolute atomic E-state index is 14.4. The molecule has 3 aromatic rings. The van der Waals surface area contributed by atoms with Crippen molar-refractivity contribution in [2.24, 2.45) is 0 Å². The molecule has 1 fully saturated rings. The third-order valence-corrected chi connectivity index (χ3v) is 7.61. The highest BCUT2D eigenvalue weighted by molar-refractivity contribution is 7.87. The second-order valence-corrected chi connectivity index (χ2v) is 10.3. The van der Waals surface area contributed by atoms with Crippen LogP contribution < -0.4 is 4.18 Å². The van der Waals surface area contributed by atoms with E-state index in [1.807, 2.05) is 0 Å². The predicted molar refractivity (Wildman–Crippen MR) is 131 cm³/mol. The van der Waals surface area contributed by atoms with Gasteiger partial charge >= 0.3 is 10.1 Å². The Labute approximate surface area is 209 Å². The van der Waals surface area contributed by atoms with E-state index in [0.717, 1.165) is 12.8 Å². The van der Waals surface area contributed by atoms with Crippen LogP contribution in [-0.4, -0.2) is 38.5 Å². The van der Waals surface area contributed by atoms with Gasteiger partial charge in [-0.3, -0.25) is 4.79 Å². The van der Waals surface area contributed by atoms with Gasteiger partial charge in [0.25, 0.3) is 5.91 Å². The third kappa shape index (κ3) is 6.01. The van der Waals surface area contributed by atoms with Crippen LogP contribution in [0.1, 0.15) is 34.3 Å². The van der Waals surface area contributed by atoms with E-state index in [-0.39, 0.29) is 40.4 Å². The van der Waals surface area contributed by atoms with Gasteiger partial charge in [-0.2, -0.15) is 8.42 Å². The molecule has 35 heavy (non-hydrogen) atoms. The van der Waals surface area contributed by atoms with Crippen LogP contribution in [-0.2, 0) is 21.4 Å². The van der Waals surface area contributed by atoms with Gasteiger partial charge in [-0.05, 0) is 61.2 Å². The monoisotopic (exact) mass is 517 g/mol. The average Bonchev–Trinajstić information content (AvgIpc) is 3.31. The fourth-order valence-corrected chi connectivity index (χ4v) is 5.79. The second kappa shape index (κ2) is 10.8. The Balaban J connectivity index is 1.58. The van der Waals surface area contributed by atoms with Gasteiger partial charge < -0.3 is 13.8 Å². The number of aryl methyl sites for hydroxylation is 1. The number of amides is 1. The number of ether oxygens (including phenoxy) is 1. The van der Waals surface area contributed by atoms with Crippen molar-refractivity contribution in [2.45, 2.75) is 37.3 Å². The molecule has 0 unspecified atom stereocenters. The Kier molecular flexibility index (Phi) is 7.74. The average molecular weight is 518 g/mol. The second-order valence-electron chi connectivity index (χ2n) is 8.37. The van der Waals surface area contributed by atoms with Crippen LogP contribution in [0.4, 0.5) is 4.39 Å². The normalized spacial score (nSPS) is 15.7. The van der Waals surface area contributed by atoms with Crippen molar-refractivity contribution in [3.05, 3.63) is 94.3 Å². The molecule has 0 bridgehead atoms. The number of nitrogens with zero attached hydrogens (tertiary/aromatic N) is 1. The molecular formula is C26H25ClFNO5S. The van der Waals surface area contributed by atoms with Crippen LogP contribution in [0.15, 0.2) is 71.6 Å². The van der Waals surface area contributed by atoms with Crippen molar-refractivity contribution >= 4 is 27.6 Å². The summed E-state index contributed by atoms with van der Waals surface area (Å²) in [5, 5.41) is 0.0689. The van der Waals surface area contributed by atoms with Crippen molar-refractivity contribution in [2.75, 3.05) is 13.2 Å². The van der Waals surface area contributed by atoms with Crippen molar-refractivity contribution in [3.63, 3.8) is 0 Å². The van der Waals surface area contributed by atoms with Crippen LogP contribution >= 0.6 is 11.6 Å². The van der Waals surface area contributed by atoms with Crippen LogP contribution in [0.5, 0.6) is 5.75 Å². The predicted octanol–water partition coefficient (Wildman–Crippen LogP) is 5.38. The van der Waals surface area contributed by atoms with E-state index in [0.29, 0.717) is 17.7 Å². The van der Waals surface area contributed by atoms with Gasteiger partial charge in [0.1, 0.15) is 16.5 Å². The zero-order valence-electron chi connectivity index (χ0n) is 19.1. The molecule has 9 heteroatoms. The minimum absolute atomic E-state index is 0.0327. The van der Waals surface area contributed by atoms with Crippen LogP contribution in [0, 0.1) is 12.7 Å². The third-order valence-electron chi connectivity index (χ3n) is 5.73. The van der Waals surface area contributed by atoms with Crippen LogP contribution in [0.25, 0.3) is 0 Å². The van der Waals surface area contributed by atoms with Crippen molar-refractivity contribution in [1.82, 2.24) is 4.90 Å². The van der Waals surface area contributed by atoms with Crippen molar-refractivity contribution in [3.8, 4) is 5.75 Å². The maximum Gasteiger partial charge on any atom is 0.340 e. The van der Waals surface area contributed by atoms with Crippen LogP contribution in [0.3, 0.4) is 0 Å². The summed E-state index contributed by atoms with van der Waals surface area (Å²) in [6, 6.07) is 17.0. The first-order valence-corrected chi connectivity index (χ1v) is 13.0. The number of carbonyl (C=O) groups is 1. The van der Waals surface area contributed by atoms with E-state index in [1.165, 1.54) is 35.2 Å². The smallest absolute Gasteiger partial charge is 0.340 e. The zero-order valence-corrected chi connectivity index (χ0v) is 20.7. The number of halogens is 2. The summed E-state index contributed by atoms with van der Waals surface area (Å²) >= 11 is 6.12. The molecule has 3 aromatic carbocycles. The molecule has 1 atom stereocenters. The fourth-order valence-electron chi connectivity index (χ4n) is 4.08. The summed E-state index contributed by atoms with van der Waals surface area (Å²) in [6.07, 6.45) is 1.56. The molecule has 0 aromatic heterocycles. The lowest BCUT2D eigenvalue weighted by atomic mass is 10.1. The molecule has 0 spiro atoms. The van der Waals surface area contributed by atoms with Crippen molar-refractivity contribution < 1.29 is 26.5 Å². The Morgan fingerprint density at radius 1 is 1.14 bits per heavy atom. The lowest BCUT2D eigenvalue weighted by Crippen LogP contribution is -2.37. The summed E-state index contributed by atoms with van der Waals surface area (Å²) in [4.78, 5) is 14.6. The van der Waals surface area contributed by atoms with Gasteiger partial charge in [0.2, 0.25) is 0 Å². The number of benzene rings is 3. The summed E-state index contributed by atoms with van der Waals surface area (Å²) < 4.78 is 51.2. The van der Waals surface area contributed by atoms with E-state index in [1.54, 1.807) is 43.3 Å². The standard InChI is InChI=1S/C26H25ClFNO5S/c1-18-7-4-12-23(27)25(18)35(31,32)34-20-9-5-8-19(15-20)16-29(17-21-10-6-14-33-21)26(30)22-11-2-3-13-24(22)28/h2-5,7-9,11-13,15,21H,6,10,14,16-17H2,1H3/t21-/m0/s1. The van der Waals surface area contributed by atoms with Gasteiger partial charge in [0, 0.05) is 19.7 Å². The molecule has 4 rings (SSSR count). The summed E-state index contributed by atoms with van der Waals surface area (Å²) in [6.45, 7) is 2.66. The molecule has 1 saturated heterocycles. The lowest BCUT2D eigenvalue weighted by molar-refractivity contribution is 0.0503. The van der Waals surface area contributed by atoms with Gasteiger partial charge in [-0.25, -0.2) is 4.39 Å². The van der Waals surface area contributed by atoms with Crippen molar-refractivity contribution in [1.29, 1.82) is 0 Å². The largest absolute Gasteiger partial charge is 0.379 e. The molecule has 184 valence electrons. The Bertz CT molecular complexity index is 1300. The molecule has 1 heterocycles. The Hall–Kier alpha value is -2.94. The molecule has 0 aliphatic carbocycles. The van der Waals surface area contributed by atoms with Gasteiger partial charge in [0.15, 0.2) is 0 Å². The fraction of sp³-hybridized carbons (Fsp3) is 0.269. The Morgan fingerprint density at radius 2 is 1.91 bits per heavy atom. The molecule has 0 saturated carbocycles. The molecular weight excluding hydrogens is 493 g/mol. The number of hydrogen-bond acceptors (Lipinski definition) is 5. The van der Waals surface area contributed by atoms with E-state index in [4.69, 9.17) is 20.5 Å². The number of hydrogen-bond donors (Lipinski definition) is 0. The number of rotatable bonds is 8. The highest BCUT2D eigenvalue weighted by Crippen LogP contribution is 2.28.